The lowest BCUT2D eigenvalue weighted by atomic mass is 10.2. The van der Waals surface area contributed by atoms with E-state index in [2.05, 4.69) is 5.10 Å². The molecule has 0 aliphatic heterocycles. The molecule has 3 nitrogen and oxygen atoms in total. The number of rotatable bonds is 4. The standard InChI is InChI=1S/C15H12F5N3/c1-23(2)9-5-3-8(4-6-9)7-21-22-15-13(19)11(17)10(16)12(18)14(15)20/h3-7,22H,1-2H3/b21-7-. The van der Waals surface area contributed by atoms with E-state index in [4.69, 9.17) is 0 Å². The molecule has 0 saturated carbocycles. The third kappa shape index (κ3) is 3.41. The van der Waals surface area contributed by atoms with E-state index in [1.165, 1.54) is 6.21 Å². The Bertz CT molecular complexity index is 713. The van der Waals surface area contributed by atoms with Gasteiger partial charge in [0.25, 0.3) is 0 Å². The minimum atomic E-state index is -2.21. The molecule has 0 spiro atoms. The molecule has 0 fully saturated rings. The summed E-state index contributed by atoms with van der Waals surface area (Å²) in [5.74, 6) is -10.2. The van der Waals surface area contributed by atoms with E-state index in [0.29, 0.717) is 5.56 Å². The maximum absolute atomic E-state index is 13.4. The molecule has 0 aliphatic carbocycles. The van der Waals surface area contributed by atoms with Crippen LogP contribution in [0.4, 0.5) is 33.3 Å². The van der Waals surface area contributed by atoms with Crippen LogP contribution in [0.3, 0.4) is 0 Å². The topological polar surface area (TPSA) is 27.6 Å². The lowest BCUT2D eigenvalue weighted by Gasteiger charge is -2.11. The minimum absolute atomic E-state index is 0.576. The van der Waals surface area contributed by atoms with Crippen LogP contribution in [0.1, 0.15) is 5.56 Å². The van der Waals surface area contributed by atoms with Crippen LogP contribution in [-0.4, -0.2) is 20.3 Å². The van der Waals surface area contributed by atoms with Gasteiger partial charge in [0.1, 0.15) is 5.69 Å². The summed E-state index contributed by atoms with van der Waals surface area (Å²) in [6.07, 6.45) is 1.19. The zero-order chi connectivity index (χ0) is 17.1. The van der Waals surface area contributed by atoms with E-state index in [0.717, 1.165) is 5.69 Å². The zero-order valence-electron chi connectivity index (χ0n) is 12.2. The Labute approximate surface area is 129 Å². The second-order valence-electron chi connectivity index (χ2n) is 4.80. The quantitative estimate of drug-likeness (QED) is 0.303. The van der Waals surface area contributed by atoms with Gasteiger partial charge in [-0.05, 0) is 17.7 Å². The number of nitrogens with one attached hydrogen (secondary N) is 1. The van der Waals surface area contributed by atoms with Crippen molar-refractivity contribution >= 4 is 17.6 Å². The monoisotopic (exact) mass is 329 g/mol. The summed E-state index contributed by atoms with van der Waals surface area (Å²) in [6.45, 7) is 0. The summed E-state index contributed by atoms with van der Waals surface area (Å²) in [5, 5.41) is 3.50. The molecule has 0 unspecified atom stereocenters. The fourth-order valence-electron chi connectivity index (χ4n) is 1.73. The van der Waals surface area contributed by atoms with E-state index in [9.17, 15) is 22.0 Å². The Morgan fingerprint density at radius 2 is 1.30 bits per heavy atom. The third-order valence-electron chi connectivity index (χ3n) is 3.01. The second-order valence-corrected chi connectivity index (χ2v) is 4.80. The van der Waals surface area contributed by atoms with Crippen LogP contribution < -0.4 is 10.3 Å². The van der Waals surface area contributed by atoms with Crippen LogP contribution >= 0.6 is 0 Å². The van der Waals surface area contributed by atoms with Crippen molar-refractivity contribution in [3.63, 3.8) is 0 Å². The molecule has 8 heteroatoms. The molecule has 23 heavy (non-hydrogen) atoms. The molecule has 0 aromatic heterocycles. The number of hydrogen-bond donors (Lipinski definition) is 1. The van der Waals surface area contributed by atoms with E-state index >= 15 is 0 Å². The number of halogens is 5. The summed E-state index contributed by atoms with van der Waals surface area (Å²) in [5.41, 5.74) is 2.13. The Balaban J connectivity index is 2.21. The van der Waals surface area contributed by atoms with Crippen molar-refractivity contribution in [2.45, 2.75) is 0 Å². The predicted molar refractivity (Wildman–Crippen MR) is 78.2 cm³/mol. The second kappa shape index (κ2) is 6.64. The summed E-state index contributed by atoms with van der Waals surface area (Å²) < 4.78 is 65.7. The highest BCUT2D eigenvalue weighted by atomic mass is 19.2. The normalized spacial score (nSPS) is 11.1. The predicted octanol–water partition coefficient (Wildman–Crippen LogP) is 3.89. The molecule has 0 bridgehead atoms. The average molecular weight is 329 g/mol. The first-order valence-electron chi connectivity index (χ1n) is 6.40. The van der Waals surface area contributed by atoms with Crippen molar-refractivity contribution in [1.29, 1.82) is 0 Å². The highest BCUT2D eigenvalue weighted by Crippen LogP contribution is 2.27. The highest BCUT2D eigenvalue weighted by Gasteiger charge is 2.25. The first-order valence-corrected chi connectivity index (χ1v) is 6.40. The maximum atomic E-state index is 13.4. The molecule has 2 rings (SSSR count). The lowest BCUT2D eigenvalue weighted by molar-refractivity contribution is 0.381. The van der Waals surface area contributed by atoms with Crippen LogP contribution in [0.2, 0.25) is 0 Å². The number of anilines is 2. The van der Waals surface area contributed by atoms with E-state index < -0.39 is 34.8 Å². The highest BCUT2D eigenvalue weighted by molar-refractivity contribution is 5.81. The van der Waals surface area contributed by atoms with Crippen LogP contribution in [0.25, 0.3) is 0 Å². The Morgan fingerprint density at radius 3 is 1.78 bits per heavy atom. The van der Waals surface area contributed by atoms with Gasteiger partial charge < -0.3 is 4.90 Å². The first kappa shape index (κ1) is 16.7. The summed E-state index contributed by atoms with van der Waals surface area (Å²) >= 11 is 0. The Kier molecular flexibility index (Phi) is 4.83. The van der Waals surface area contributed by atoms with Crippen molar-refractivity contribution in [3.05, 3.63) is 58.9 Å². The van der Waals surface area contributed by atoms with Crippen molar-refractivity contribution < 1.29 is 22.0 Å². The largest absolute Gasteiger partial charge is 0.378 e. The Morgan fingerprint density at radius 1 is 0.826 bits per heavy atom. The van der Waals surface area contributed by atoms with Crippen LogP contribution in [0, 0.1) is 29.1 Å². The van der Waals surface area contributed by atoms with Crippen molar-refractivity contribution in [1.82, 2.24) is 0 Å². The van der Waals surface area contributed by atoms with Gasteiger partial charge in [0, 0.05) is 19.8 Å². The minimum Gasteiger partial charge on any atom is -0.378 e. The molecular weight excluding hydrogens is 317 g/mol. The number of hydrogen-bond acceptors (Lipinski definition) is 3. The van der Waals surface area contributed by atoms with Gasteiger partial charge in [-0.2, -0.15) is 5.10 Å². The number of benzene rings is 2. The van der Waals surface area contributed by atoms with Crippen molar-refractivity contribution in [2.75, 3.05) is 24.4 Å². The van der Waals surface area contributed by atoms with E-state index in [1.807, 2.05) is 24.4 Å². The summed E-state index contributed by atoms with van der Waals surface area (Å²) in [6, 6.07) is 6.91. The van der Waals surface area contributed by atoms with Gasteiger partial charge in [-0.3, -0.25) is 5.43 Å². The smallest absolute Gasteiger partial charge is 0.200 e. The van der Waals surface area contributed by atoms with Crippen LogP contribution in [0.15, 0.2) is 29.4 Å². The van der Waals surface area contributed by atoms with Crippen molar-refractivity contribution in [3.8, 4) is 0 Å². The molecule has 0 heterocycles. The van der Waals surface area contributed by atoms with Crippen molar-refractivity contribution in [2.24, 2.45) is 5.10 Å². The fraction of sp³-hybridized carbons (Fsp3) is 0.133. The molecule has 1 N–H and O–H groups in total. The van der Waals surface area contributed by atoms with Gasteiger partial charge >= 0.3 is 0 Å². The SMILES string of the molecule is CN(C)c1ccc(/C=N\Nc2c(F)c(F)c(F)c(F)c2F)cc1. The van der Waals surface area contributed by atoms with Gasteiger partial charge in [-0.25, -0.2) is 22.0 Å². The molecule has 122 valence electrons. The molecule has 0 aliphatic rings. The third-order valence-corrected chi connectivity index (χ3v) is 3.01. The summed E-state index contributed by atoms with van der Waals surface area (Å²) in [7, 11) is 3.71. The van der Waals surface area contributed by atoms with Gasteiger partial charge in [0.15, 0.2) is 23.3 Å². The lowest BCUT2D eigenvalue weighted by Crippen LogP contribution is -2.08. The Hall–Kier alpha value is -2.64. The molecular formula is C15H12F5N3. The zero-order valence-corrected chi connectivity index (χ0v) is 12.2. The summed E-state index contributed by atoms with van der Waals surface area (Å²) in [4.78, 5) is 1.87. The van der Waals surface area contributed by atoms with Gasteiger partial charge in [0.05, 0.1) is 6.21 Å². The van der Waals surface area contributed by atoms with Gasteiger partial charge in [0.2, 0.25) is 5.82 Å². The van der Waals surface area contributed by atoms with E-state index in [1.54, 1.807) is 24.3 Å². The number of nitrogens with zero attached hydrogens (tertiary/aromatic N) is 2. The molecule has 2 aromatic rings. The first-order chi connectivity index (χ1) is 10.8. The van der Waals surface area contributed by atoms with Crippen LogP contribution in [-0.2, 0) is 0 Å². The average Bonchev–Trinajstić information content (AvgIpc) is 2.54. The molecule has 0 atom stereocenters. The molecule has 2 aromatic carbocycles. The molecule has 0 radical (unpaired) electrons. The molecule has 0 saturated heterocycles. The van der Waals surface area contributed by atoms with Crippen LogP contribution in [0.5, 0.6) is 0 Å². The maximum Gasteiger partial charge on any atom is 0.200 e. The number of hydrazone groups is 1. The fourth-order valence-corrected chi connectivity index (χ4v) is 1.73. The van der Waals surface area contributed by atoms with Gasteiger partial charge in [-0.1, -0.05) is 12.1 Å². The van der Waals surface area contributed by atoms with E-state index in [-0.39, 0.29) is 0 Å². The van der Waals surface area contributed by atoms with Gasteiger partial charge in [-0.15, -0.1) is 0 Å². The molecule has 0 amide bonds.